The van der Waals surface area contributed by atoms with Crippen LogP contribution in [0.5, 0.6) is 11.5 Å². The molecule has 1 N–H and O–H groups in total. The first-order valence-corrected chi connectivity index (χ1v) is 15.6. The average Bonchev–Trinajstić information content (AvgIpc) is 3.45. The van der Waals surface area contributed by atoms with Crippen LogP contribution in [-0.2, 0) is 4.79 Å². The fourth-order valence-corrected chi connectivity index (χ4v) is 5.83. The number of rotatable bonds is 8. The Morgan fingerprint density at radius 1 is 1.04 bits per heavy atom. The maximum atomic E-state index is 13.7. The van der Waals surface area contributed by atoms with Crippen LogP contribution in [0.4, 0.5) is 10.1 Å². The highest BCUT2D eigenvalue weighted by atomic mass is 79.9. The molecular formula is C32H20Br3FN4O5. The van der Waals surface area contributed by atoms with E-state index in [1.54, 1.807) is 42.5 Å². The molecule has 0 aliphatic carbocycles. The Balaban J connectivity index is 1.35. The quantitative estimate of drug-likeness (QED) is 0.156. The summed E-state index contributed by atoms with van der Waals surface area (Å²) in [6, 6.07) is 21.6. The normalized spacial score (nSPS) is 11.4. The maximum Gasteiger partial charge on any atom is 0.282 e. The van der Waals surface area contributed by atoms with Crippen LogP contribution in [0.15, 0.2) is 107 Å². The van der Waals surface area contributed by atoms with E-state index in [2.05, 4.69) is 58.2 Å². The van der Waals surface area contributed by atoms with Gasteiger partial charge in [0, 0.05) is 25.6 Å². The van der Waals surface area contributed by atoms with E-state index in [1.165, 1.54) is 36.2 Å². The number of hydrogen-bond donors (Lipinski definition) is 1. The minimum atomic E-state index is -0.495. The molecule has 4 aromatic carbocycles. The minimum Gasteiger partial charge on any atom is -0.493 e. The lowest BCUT2D eigenvalue weighted by Crippen LogP contribution is -2.21. The third-order valence-corrected chi connectivity index (χ3v) is 9.23. The molecule has 0 unspecified atom stereocenters. The number of nitrogens with zero attached hydrogens (tertiary/aromatic N) is 3. The van der Waals surface area contributed by atoms with Crippen molar-refractivity contribution >= 4 is 87.5 Å². The molecule has 0 bridgehead atoms. The fourth-order valence-electron chi connectivity index (χ4n) is 4.52. The third-order valence-electron chi connectivity index (χ3n) is 6.60. The zero-order valence-electron chi connectivity index (χ0n) is 23.2. The van der Waals surface area contributed by atoms with Crippen LogP contribution >= 0.6 is 47.8 Å². The number of furan rings is 1. The van der Waals surface area contributed by atoms with Gasteiger partial charge in [0.2, 0.25) is 5.82 Å². The molecule has 2 heterocycles. The van der Waals surface area contributed by atoms with Crippen molar-refractivity contribution in [2.45, 2.75) is 0 Å². The Hall–Kier alpha value is -4.33. The van der Waals surface area contributed by atoms with Crippen molar-refractivity contribution < 1.29 is 23.1 Å². The molecule has 0 saturated heterocycles. The van der Waals surface area contributed by atoms with Crippen LogP contribution in [0.1, 0.15) is 5.56 Å². The van der Waals surface area contributed by atoms with Gasteiger partial charge in [-0.2, -0.15) is 9.78 Å². The van der Waals surface area contributed by atoms with E-state index in [0.29, 0.717) is 42.4 Å². The van der Waals surface area contributed by atoms with E-state index in [4.69, 9.17) is 18.9 Å². The van der Waals surface area contributed by atoms with Gasteiger partial charge < -0.3 is 19.2 Å². The maximum absolute atomic E-state index is 13.7. The molecule has 226 valence electrons. The van der Waals surface area contributed by atoms with Crippen molar-refractivity contribution in [3.8, 4) is 23.1 Å². The number of amides is 1. The summed E-state index contributed by atoms with van der Waals surface area (Å²) in [4.78, 5) is 30.9. The third kappa shape index (κ3) is 6.42. The molecule has 2 aromatic heterocycles. The number of carbonyl (C=O) groups excluding carboxylic acids is 1. The smallest absolute Gasteiger partial charge is 0.282 e. The number of carbonyl (C=O) groups is 1. The average molecular weight is 799 g/mol. The van der Waals surface area contributed by atoms with Crippen LogP contribution in [0.25, 0.3) is 33.5 Å². The second-order valence-corrected chi connectivity index (χ2v) is 12.1. The summed E-state index contributed by atoms with van der Waals surface area (Å²) >= 11 is 10.5. The first-order chi connectivity index (χ1) is 21.7. The highest BCUT2D eigenvalue weighted by Crippen LogP contribution is 2.42. The number of halogens is 4. The molecule has 0 radical (unpaired) electrons. The van der Waals surface area contributed by atoms with Gasteiger partial charge in [-0.3, -0.25) is 9.59 Å². The Morgan fingerprint density at radius 3 is 2.67 bits per heavy atom. The first kappa shape index (κ1) is 30.7. The van der Waals surface area contributed by atoms with E-state index >= 15 is 0 Å². The second-order valence-electron chi connectivity index (χ2n) is 9.58. The molecule has 13 heteroatoms. The molecular weight excluding hydrogens is 779 g/mol. The first-order valence-electron chi connectivity index (χ1n) is 13.2. The number of methoxy groups -OCH3 is 1. The molecule has 6 rings (SSSR count). The van der Waals surface area contributed by atoms with Crippen molar-refractivity contribution in [1.29, 1.82) is 0 Å². The highest BCUT2D eigenvalue weighted by Gasteiger charge is 2.20. The van der Waals surface area contributed by atoms with Gasteiger partial charge >= 0.3 is 0 Å². The molecule has 0 atom stereocenters. The zero-order valence-corrected chi connectivity index (χ0v) is 27.9. The fraction of sp³-hybridized carbons (Fsp3) is 0.0625. The molecule has 0 aliphatic heterocycles. The molecule has 0 saturated carbocycles. The van der Waals surface area contributed by atoms with Gasteiger partial charge in [0.05, 0.1) is 28.7 Å². The lowest BCUT2D eigenvalue weighted by molar-refractivity contribution is -0.118. The molecule has 45 heavy (non-hydrogen) atoms. The number of aromatic nitrogens is 2. The van der Waals surface area contributed by atoms with Gasteiger partial charge in [0.25, 0.3) is 11.5 Å². The van der Waals surface area contributed by atoms with Crippen LogP contribution in [-0.4, -0.2) is 35.5 Å². The summed E-state index contributed by atoms with van der Waals surface area (Å²) in [5.41, 5.74) is 1.56. The zero-order chi connectivity index (χ0) is 31.7. The Labute approximate surface area is 280 Å². The summed E-state index contributed by atoms with van der Waals surface area (Å²) < 4.78 is 33.9. The minimum absolute atomic E-state index is 0.216. The summed E-state index contributed by atoms with van der Waals surface area (Å²) in [7, 11) is 1.45. The van der Waals surface area contributed by atoms with Gasteiger partial charge in [-0.25, -0.2) is 9.37 Å². The van der Waals surface area contributed by atoms with Gasteiger partial charge in [-0.05, 0) is 92.5 Å². The number of para-hydroxylation sites is 1. The molecule has 1 amide bonds. The monoisotopic (exact) mass is 796 g/mol. The van der Waals surface area contributed by atoms with Crippen molar-refractivity contribution in [3.05, 3.63) is 114 Å². The predicted molar refractivity (Wildman–Crippen MR) is 181 cm³/mol. The molecule has 0 fully saturated rings. The van der Waals surface area contributed by atoms with E-state index in [0.717, 1.165) is 9.86 Å². The Bertz CT molecular complexity index is 2200. The molecule has 6 aromatic rings. The van der Waals surface area contributed by atoms with Gasteiger partial charge in [0.1, 0.15) is 11.4 Å². The van der Waals surface area contributed by atoms with E-state index in [1.807, 2.05) is 18.2 Å². The van der Waals surface area contributed by atoms with Crippen LogP contribution < -0.4 is 20.3 Å². The van der Waals surface area contributed by atoms with Gasteiger partial charge in [0.15, 0.2) is 23.9 Å². The summed E-state index contributed by atoms with van der Waals surface area (Å²) in [6.45, 7) is -0.374. The topological polar surface area (TPSA) is 108 Å². The molecule has 0 spiro atoms. The van der Waals surface area contributed by atoms with Gasteiger partial charge in [-0.15, -0.1) is 0 Å². The highest BCUT2D eigenvalue weighted by molar-refractivity contribution is 9.13. The molecule has 9 nitrogen and oxygen atoms in total. The SMILES string of the molecule is COc1cc(C=Nn2c(-c3cc4cc(Br)ccc4o3)nc3ccccc3c2=O)c(Br)c(Br)c1OCC(=O)Nc1cccc(F)c1. The Morgan fingerprint density at radius 2 is 1.87 bits per heavy atom. The van der Waals surface area contributed by atoms with E-state index < -0.39 is 11.7 Å². The second kappa shape index (κ2) is 13.0. The lowest BCUT2D eigenvalue weighted by atomic mass is 10.2. The van der Waals surface area contributed by atoms with Gasteiger partial charge in [-0.1, -0.05) is 34.1 Å². The number of ether oxygens (including phenoxy) is 2. The number of nitrogens with one attached hydrogen (secondary N) is 1. The number of fused-ring (bicyclic) bond motifs is 2. The Kier molecular flexibility index (Phi) is 8.83. The summed E-state index contributed by atoms with van der Waals surface area (Å²) in [5.74, 6) is 0.144. The van der Waals surface area contributed by atoms with Crippen LogP contribution in [0.3, 0.4) is 0 Å². The lowest BCUT2D eigenvalue weighted by Gasteiger charge is -2.15. The summed E-state index contributed by atoms with van der Waals surface area (Å²) in [6.07, 6.45) is 1.47. The van der Waals surface area contributed by atoms with E-state index in [9.17, 15) is 14.0 Å². The standard InChI is InChI=1S/C32H20Br3FN4O5/c1-43-25-13-18(28(34)29(35)30(25)44-16-27(41)38-21-6-4-5-20(36)14-21)15-37-40-31(39-23-8-3-2-7-22(23)32(40)42)26-12-17-11-19(33)9-10-24(17)45-26/h2-15H,16H2,1H3,(H,38,41). The van der Waals surface area contributed by atoms with Crippen molar-refractivity contribution in [1.82, 2.24) is 9.66 Å². The number of anilines is 1. The van der Waals surface area contributed by atoms with Crippen molar-refractivity contribution in [2.75, 3.05) is 19.0 Å². The van der Waals surface area contributed by atoms with E-state index in [-0.39, 0.29) is 29.5 Å². The predicted octanol–water partition coefficient (Wildman–Crippen LogP) is 8.14. The number of benzene rings is 4. The largest absolute Gasteiger partial charge is 0.493 e. The molecule has 0 aliphatic rings. The summed E-state index contributed by atoms with van der Waals surface area (Å²) in [5, 5.41) is 8.32. The van der Waals surface area contributed by atoms with Crippen LogP contribution in [0.2, 0.25) is 0 Å². The number of hydrogen-bond acceptors (Lipinski definition) is 7. The van der Waals surface area contributed by atoms with Crippen molar-refractivity contribution in [3.63, 3.8) is 0 Å². The van der Waals surface area contributed by atoms with Crippen molar-refractivity contribution in [2.24, 2.45) is 5.10 Å². The van der Waals surface area contributed by atoms with Crippen LogP contribution in [0, 0.1) is 5.82 Å².